The molecule has 0 fully saturated rings. The van der Waals surface area contributed by atoms with Crippen LogP contribution in [0, 0.1) is 10.1 Å². The third-order valence-corrected chi connectivity index (χ3v) is 4.09. The molecule has 8 nitrogen and oxygen atoms in total. The number of nitrogens with zero attached hydrogens (tertiary/aromatic N) is 4. The van der Waals surface area contributed by atoms with Crippen LogP contribution in [0.15, 0.2) is 72.1 Å². The Morgan fingerprint density at radius 1 is 1.24 bits per heavy atom. The minimum atomic E-state index is -0.455. The zero-order chi connectivity index (χ0) is 20.6. The van der Waals surface area contributed by atoms with Crippen molar-refractivity contribution in [2.45, 2.75) is 6.54 Å². The molecule has 0 bridgehead atoms. The number of carbonyl (C=O) groups is 1. The molecule has 1 heterocycles. The third-order valence-electron chi connectivity index (χ3n) is 3.90. The maximum absolute atomic E-state index is 12.1. The number of nitro groups is 1. The second-order valence-electron chi connectivity index (χ2n) is 5.95. The lowest BCUT2D eigenvalue weighted by Gasteiger charge is -2.04. The second-order valence-corrected chi connectivity index (χ2v) is 6.38. The molecule has 0 aliphatic carbocycles. The van der Waals surface area contributed by atoms with Crippen molar-refractivity contribution in [1.29, 1.82) is 0 Å². The molecule has 1 aromatic heterocycles. The Balaban J connectivity index is 1.54. The van der Waals surface area contributed by atoms with Crippen LogP contribution in [0.4, 0.5) is 5.69 Å². The van der Waals surface area contributed by atoms with E-state index in [1.165, 1.54) is 18.4 Å². The van der Waals surface area contributed by atoms with Crippen molar-refractivity contribution in [3.8, 4) is 0 Å². The number of amides is 1. The Labute approximate surface area is 171 Å². The number of para-hydroxylation sites is 1. The number of aromatic nitrogens is 2. The van der Waals surface area contributed by atoms with E-state index in [0.717, 1.165) is 5.56 Å². The zero-order valence-corrected chi connectivity index (χ0v) is 15.9. The summed E-state index contributed by atoms with van der Waals surface area (Å²) in [5.41, 5.74) is 4.27. The smallest absolute Gasteiger partial charge is 0.267 e. The van der Waals surface area contributed by atoms with Crippen LogP contribution in [0.2, 0.25) is 5.02 Å². The van der Waals surface area contributed by atoms with Gasteiger partial charge in [-0.25, -0.2) is 5.43 Å². The number of rotatable bonds is 7. The van der Waals surface area contributed by atoms with Gasteiger partial charge in [0.25, 0.3) is 11.6 Å². The largest absolute Gasteiger partial charge is 0.276 e. The number of hydrogen-bond donors (Lipinski definition) is 1. The predicted octanol–water partition coefficient (Wildman–Crippen LogP) is 3.92. The Morgan fingerprint density at radius 3 is 2.69 bits per heavy atom. The lowest BCUT2D eigenvalue weighted by Crippen LogP contribution is -2.17. The molecule has 1 N–H and O–H groups in total. The summed E-state index contributed by atoms with van der Waals surface area (Å²) in [4.78, 5) is 22.6. The Hall–Kier alpha value is -3.78. The van der Waals surface area contributed by atoms with Gasteiger partial charge in [-0.3, -0.25) is 19.6 Å². The van der Waals surface area contributed by atoms with Crippen LogP contribution in [0.1, 0.15) is 21.5 Å². The lowest BCUT2D eigenvalue weighted by atomic mass is 10.1. The van der Waals surface area contributed by atoms with Crippen LogP contribution < -0.4 is 5.43 Å². The summed E-state index contributed by atoms with van der Waals surface area (Å²) in [5.74, 6) is -0.367. The van der Waals surface area contributed by atoms with Gasteiger partial charge in [-0.2, -0.15) is 10.2 Å². The van der Waals surface area contributed by atoms with E-state index in [-0.39, 0.29) is 11.6 Å². The molecule has 0 radical (unpaired) electrons. The molecular weight excluding hydrogens is 394 g/mol. The molecular formula is C20H16ClN5O3. The molecule has 3 rings (SSSR count). The van der Waals surface area contributed by atoms with Gasteiger partial charge in [-0.15, -0.1) is 0 Å². The van der Waals surface area contributed by atoms with Gasteiger partial charge < -0.3 is 0 Å². The number of nitro benzene ring substituents is 1. The number of hydrazone groups is 1. The summed E-state index contributed by atoms with van der Waals surface area (Å²) in [6, 6.07) is 13.4. The number of allylic oxidation sites excluding steroid dienone is 1. The SMILES string of the molecule is O=C(NN=CC=Cc1ccccc1[N+](=O)[O-])c1ccc(Cn2cc(Cl)cn2)cc1. The molecule has 1 amide bonds. The molecule has 0 spiro atoms. The van der Waals surface area contributed by atoms with E-state index < -0.39 is 4.92 Å². The summed E-state index contributed by atoms with van der Waals surface area (Å²) >= 11 is 5.84. The third kappa shape index (κ3) is 5.60. The molecule has 0 saturated carbocycles. The minimum Gasteiger partial charge on any atom is -0.267 e. The molecule has 146 valence electrons. The maximum atomic E-state index is 12.1. The van der Waals surface area contributed by atoms with Crippen LogP contribution in [0.5, 0.6) is 0 Å². The van der Waals surface area contributed by atoms with Crippen LogP contribution in [-0.2, 0) is 6.54 Å². The average Bonchev–Trinajstić information content (AvgIpc) is 3.13. The Morgan fingerprint density at radius 2 is 2.00 bits per heavy atom. The first-order valence-corrected chi connectivity index (χ1v) is 8.91. The van der Waals surface area contributed by atoms with Crippen molar-refractivity contribution in [1.82, 2.24) is 15.2 Å². The molecule has 0 aliphatic heterocycles. The summed E-state index contributed by atoms with van der Waals surface area (Å²) in [7, 11) is 0. The fraction of sp³-hybridized carbons (Fsp3) is 0.0500. The summed E-state index contributed by atoms with van der Waals surface area (Å²) < 4.78 is 1.70. The van der Waals surface area contributed by atoms with Gasteiger partial charge >= 0.3 is 0 Å². The summed E-state index contributed by atoms with van der Waals surface area (Å²) in [6.07, 6.45) is 7.69. The Kier molecular flexibility index (Phi) is 6.49. The number of benzene rings is 2. The van der Waals surface area contributed by atoms with Crippen LogP contribution in [0.25, 0.3) is 6.08 Å². The average molecular weight is 410 g/mol. The summed E-state index contributed by atoms with van der Waals surface area (Å²) in [6.45, 7) is 0.545. The van der Waals surface area contributed by atoms with Gasteiger partial charge in [0.15, 0.2) is 0 Å². The van der Waals surface area contributed by atoms with Crippen LogP contribution in [-0.4, -0.2) is 26.8 Å². The molecule has 29 heavy (non-hydrogen) atoms. The van der Waals surface area contributed by atoms with E-state index in [4.69, 9.17) is 11.6 Å². The summed E-state index contributed by atoms with van der Waals surface area (Å²) in [5, 5.41) is 19.4. The molecule has 9 heteroatoms. The van der Waals surface area contributed by atoms with Crippen LogP contribution in [0.3, 0.4) is 0 Å². The molecule has 0 aliphatic rings. The van der Waals surface area contributed by atoms with Crippen molar-refractivity contribution in [2.75, 3.05) is 0 Å². The van der Waals surface area contributed by atoms with Gasteiger partial charge in [-0.1, -0.05) is 35.9 Å². The van der Waals surface area contributed by atoms with Crippen molar-refractivity contribution in [2.24, 2.45) is 5.10 Å². The van der Waals surface area contributed by atoms with Crippen molar-refractivity contribution < 1.29 is 9.72 Å². The molecule has 2 aromatic carbocycles. The first-order chi connectivity index (χ1) is 14.0. The first kappa shape index (κ1) is 20.0. The van der Waals surface area contributed by atoms with Gasteiger partial charge in [0.2, 0.25) is 0 Å². The van der Waals surface area contributed by atoms with Gasteiger partial charge in [-0.05, 0) is 35.9 Å². The highest BCUT2D eigenvalue weighted by atomic mass is 35.5. The van der Waals surface area contributed by atoms with E-state index >= 15 is 0 Å². The van der Waals surface area contributed by atoms with Gasteiger partial charge in [0, 0.05) is 24.0 Å². The van der Waals surface area contributed by atoms with Crippen LogP contribution >= 0.6 is 11.6 Å². The van der Waals surface area contributed by atoms with Gasteiger partial charge in [0.1, 0.15) is 0 Å². The highest BCUT2D eigenvalue weighted by Crippen LogP contribution is 2.18. The van der Waals surface area contributed by atoms with E-state index in [1.807, 2.05) is 12.1 Å². The predicted molar refractivity (Wildman–Crippen MR) is 111 cm³/mol. The second kappa shape index (κ2) is 9.43. The zero-order valence-electron chi connectivity index (χ0n) is 15.1. The van der Waals surface area contributed by atoms with Crippen molar-refractivity contribution in [3.63, 3.8) is 0 Å². The number of halogens is 1. The molecule has 3 aromatic rings. The standard InChI is InChI=1S/C20H16ClN5O3/c21-18-12-23-25(14-18)13-15-7-9-17(10-8-15)20(27)24-22-11-3-5-16-4-1-2-6-19(16)26(28)29/h1-12,14H,13H2,(H,24,27). The Bertz CT molecular complexity index is 1070. The number of nitrogens with one attached hydrogen (secondary N) is 1. The quantitative estimate of drug-likeness (QED) is 0.363. The molecule has 0 saturated heterocycles. The number of hydrogen-bond acceptors (Lipinski definition) is 5. The topological polar surface area (TPSA) is 102 Å². The van der Waals surface area contributed by atoms with E-state index in [9.17, 15) is 14.9 Å². The van der Waals surface area contributed by atoms with E-state index in [1.54, 1.807) is 53.5 Å². The molecule has 0 unspecified atom stereocenters. The molecule has 0 atom stereocenters. The lowest BCUT2D eigenvalue weighted by molar-refractivity contribution is -0.385. The highest BCUT2D eigenvalue weighted by Gasteiger charge is 2.08. The highest BCUT2D eigenvalue weighted by molar-refractivity contribution is 6.30. The van der Waals surface area contributed by atoms with Crippen molar-refractivity contribution >= 4 is 35.5 Å². The van der Waals surface area contributed by atoms with Crippen molar-refractivity contribution in [3.05, 3.63) is 98.8 Å². The fourth-order valence-electron chi connectivity index (χ4n) is 2.52. The first-order valence-electron chi connectivity index (χ1n) is 8.53. The normalized spacial score (nSPS) is 11.2. The van der Waals surface area contributed by atoms with Gasteiger partial charge in [0.05, 0.1) is 28.3 Å². The maximum Gasteiger partial charge on any atom is 0.276 e. The van der Waals surface area contributed by atoms with E-state index in [0.29, 0.717) is 22.7 Å². The van der Waals surface area contributed by atoms with E-state index in [2.05, 4.69) is 15.6 Å². The number of carbonyl (C=O) groups excluding carboxylic acids is 1. The minimum absolute atomic E-state index is 0.00124. The fourth-order valence-corrected chi connectivity index (χ4v) is 2.67. The monoisotopic (exact) mass is 409 g/mol.